The molecule has 0 aromatic heterocycles. The zero-order valence-corrected chi connectivity index (χ0v) is 9.88. The van der Waals surface area contributed by atoms with Crippen molar-refractivity contribution in [2.45, 2.75) is 44.7 Å². The molecule has 0 radical (unpaired) electrons. The summed E-state index contributed by atoms with van der Waals surface area (Å²) < 4.78 is 18.2. The summed E-state index contributed by atoms with van der Waals surface area (Å²) in [6.45, 7) is 4.35. The van der Waals surface area contributed by atoms with Gasteiger partial charge in [0.05, 0.1) is 6.54 Å². The Labute approximate surface area is 98.0 Å². The Morgan fingerprint density at radius 1 is 1.41 bits per heavy atom. The molecule has 1 aliphatic rings. The van der Waals surface area contributed by atoms with Crippen LogP contribution in [0.3, 0.4) is 0 Å². The van der Waals surface area contributed by atoms with Gasteiger partial charge in [-0.05, 0) is 20.8 Å². The number of carbonyl (C=O) groups excluding carboxylic acids is 1. The van der Waals surface area contributed by atoms with Gasteiger partial charge >= 0.3 is 12.1 Å². The SMILES string of the molecule is CC(C)(C)OC(=O)N1CC(F)C(O)[C@H]1C(=O)O. The van der Waals surface area contributed by atoms with Crippen LogP contribution in [0.1, 0.15) is 20.8 Å². The third-order valence-corrected chi connectivity index (χ3v) is 2.28. The molecule has 0 aliphatic carbocycles. The molecular weight excluding hydrogens is 233 g/mol. The topological polar surface area (TPSA) is 87.1 Å². The summed E-state index contributed by atoms with van der Waals surface area (Å²) >= 11 is 0. The van der Waals surface area contributed by atoms with Crippen molar-refractivity contribution in [1.29, 1.82) is 0 Å². The Morgan fingerprint density at radius 3 is 2.35 bits per heavy atom. The van der Waals surface area contributed by atoms with Crippen molar-refractivity contribution in [3.8, 4) is 0 Å². The number of hydrogen-bond donors (Lipinski definition) is 2. The number of nitrogens with zero attached hydrogens (tertiary/aromatic N) is 1. The molecule has 0 saturated carbocycles. The Kier molecular flexibility index (Phi) is 3.61. The molecule has 1 aliphatic heterocycles. The van der Waals surface area contributed by atoms with Gasteiger partial charge < -0.3 is 14.9 Å². The Hall–Kier alpha value is -1.37. The summed E-state index contributed by atoms with van der Waals surface area (Å²) in [6.07, 6.45) is -4.44. The predicted octanol–water partition coefficient (Wildman–Crippen LogP) is 0.389. The molecule has 0 aromatic carbocycles. The molecule has 0 spiro atoms. The molecule has 1 heterocycles. The number of aliphatic carboxylic acids is 1. The molecule has 17 heavy (non-hydrogen) atoms. The molecule has 1 fully saturated rings. The number of likely N-dealkylation sites (tertiary alicyclic amines) is 1. The lowest BCUT2D eigenvalue weighted by Crippen LogP contribution is -2.47. The number of rotatable bonds is 1. The van der Waals surface area contributed by atoms with Crippen LogP contribution in [-0.2, 0) is 9.53 Å². The quantitative estimate of drug-likeness (QED) is 0.702. The van der Waals surface area contributed by atoms with Gasteiger partial charge in [0.2, 0.25) is 0 Å². The lowest BCUT2D eigenvalue weighted by atomic mass is 10.1. The van der Waals surface area contributed by atoms with Gasteiger partial charge in [-0.1, -0.05) is 0 Å². The molecule has 6 nitrogen and oxygen atoms in total. The van der Waals surface area contributed by atoms with Crippen LogP contribution < -0.4 is 0 Å². The third-order valence-electron chi connectivity index (χ3n) is 2.28. The number of carboxylic acid groups (broad SMARTS) is 1. The van der Waals surface area contributed by atoms with Crippen molar-refractivity contribution in [2.24, 2.45) is 0 Å². The van der Waals surface area contributed by atoms with Crippen molar-refractivity contribution < 1.29 is 28.9 Å². The largest absolute Gasteiger partial charge is 0.480 e. The normalized spacial score (nSPS) is 29.2. The molecule has 1 amide bonds. The van der Waals surface area contributed by atoms with Crippen LogP contribution in [0.25, 0.3) is 0 Å². The predicted molar refractivity (Wildman–Crippen MR) is 55.3 cm³/mol. The number of halogens is 1. The minimum absolute atomic E-state index is 0.479. The zero-order chi connectivity index (χ0) is 13.4. The van der Waals surface area contributed by atoms with E-state index in [1.165, 1.54) is 0 Å². The van der Waals surface area contributed by atoms with E-state index in [-0.39, 0.29) is 0 Å². The highest BCUT2D eigenvalue weighted by Gasteiger charge is 2.49. The van der Waals surface area contributed by atoms with Gasteiger partial charge in [-0.25, -0.2) is 14.0 Å². The van der Waals surface area contributed by atoms with E-state index in [2.05, 4.69) is 0 Å². The second kappa shape index (κ2) is 4.48. The van der Waals surface area contributed by atoms with Crippen LogP contribution in [0.15, 0.2) is 0 Å². The Morgan fingerprint density at radius 2 is 1.94 bits per heavy atom. The fraction of sp³-hybridized carbons (Fsp3) is 0.800. The fourth-order valence-corrected chi connectivity index (χ4v) is 1.58. The summed E-state index contributed by atoms with van der Waals surface area (Å²) in [5.74, 6) is -1.46. The van der Waals surface area contributed by atoms with Crippen molar-refractivity contribution >= 4 is 12.1 Å². The summed E-state index contributed by atoms with van der Waals surface area (Å²) in [7, 11) is 0. The number of amides is 1. The molecule has 1 rings (SSSR count). The molecule has 1 saturated heterocycles. The first kappa shape index (κ1) is 13.7. The van der Waals surface area contributed by atoms with Crippen LogP contribution in [0.2, 0.25) is 0 Å². The standard InChI is InChI=1S/C10H16FNO5/c1-10(2,3)17-9(16)12-4-5(11)7(13)6(12)8(14)15/h5-7,13H,4H2,1-3H3,(H,14,15)/t5?,6-,7?/m0/s1. The molecule has 2 unspecified atom stereocenters. The van der Waals surface area contributed by atoms with E-state index in [4.69, 9.17) is 9.84 Å². The summed E-state index contributed by atoms with van der Waals surface area (Å²) in [5, 5.41) is 18.2. The molecule has 2 N–H and O–H groups in total. The average molecular weight is 249 g/mol. The highest BCUT2D eigenvalue weighted by molar-refractivity contribution is 5.81. The van der Waals surface area contributed by atoms with Gasteiger partial charge in [-0.3, -0.25) is 4.90 Å². The number of alkyl halides is 1. The van der Waals surface area contributed by atoms with E-state index < -0.39 is 42.5 Å². The summed E-state index contributed by atoms with van der Waals surface area (Å²) in [5.41, 5.74) is -0.806. The molecule has 0 bridgehead atoms. The van der Waals surface area contributed by atoms with E-state index in [1.807, 2.05) is 0 Å². The van der Waals surface area contributed by atoms with Gasteiger partial charge in [-0.2, -0.15) is 0 Å². The lowest BCUT2D eigenvalue weighted by Gasteiger charge is -2.26. The van der Waals surface area contributed by atoms with E-state index in [0.717, 1.165) is 0 Å². The van der Waals surface area contributed by atoms with E-state index in [1.54, 1.807) is 20.8 Å². The number of carbonyl (C=O) groups is 2. The first-order chi connectivity index (χ1) is 7.63. The lowest BCUT2D eigenvalue weighted by molar-refractivity contribution is -0.145. The maximum absolute atomic E-state index is 13.2. The maximum Gasteiger partial charge on any atom is 0.411 e. The second-order valence-electron chi connectivity index (χ2n) is 4.92. The highest BCUT2D eigenvalue weighted by Crippen LogP contribution is 2.23. The monoisotopic (exact) mass is 249 g/mol. The van der Waals surface area contributed by atoms with E-state index in [0.29, 0.717) is 4.90 Å². The Balaban J connectivity index is 2.82. The van der Waals surface area contributed by atoms with Gasteiger partial charge in [0.25, 0.3) is 0 Å². The minimum Gasteiger partial charge on any atom is -0.480 e. The fourth-order valence-electron chi connectivity index (χ4n) is 1.58. The van der Waals surface area contributed by atoms with Crippen LogP contribution in [-0.4, -0.2) is 57.6 Å². The first-order valence-corrected chi connectivity index (χ1v) is 5.18. The van der Waals surface area contributed by atoms with Crippen molar-refractivity contribution in [3.05, 3.63) is 0 Å². The van der Waals surface area contributed by atoms with Crippen LogP contribution in [0.5, 0.6) is 0 Å². The Bertz CT molecular complexity index is 327. The van der Waals surface area contributed by atoms with Gasteiger partial charge in [0, 0.05) is 0 Å². The van der Waals surface area contributed by atoms with E-state index >= 15 is 0 Å². The molecule has 98 valence electrons. The van der Waals surface area contributed by atoms with Crippen molar-refractivity contribution in [3.63, 3.8) is 0 Å². The average Bonchev–Trinajstić information content (AvgIpc) is 2.40. The van der Waals surface area contributed by atoms with E-state index in [9.17, 15) is 19.1 Å². The smallest absolute Gasteiger partial charge is 0.411 e. The molecule has 0 aromatic rings. The molecular formula is C10H16FNO5. The first-order valence-electron chi connectivity index (χ1n) is 5.18. The maximum atomic E-state index is 13.2. The number of aliphatic hydroxyl groups is 1. The van der Waals surface area contributed by atoms with Crippen LogP contribution in [0.4, 0.5) is 9.18 Å². The van der Waals surface area contributed by atoms with Crippen molar-refractivity contribution in [2.75, 3.05) is 6.54 Å². The molecule has 3 atom stereocenters. The van der Waals surface area contributed by atoms with Gasteiger partial charge in [0.1, 0.15) is 17.9 Å². The number of ether oxygens (including phenoxy) is 1. The molecule has 7 heteroatoms. The van der Waals surface area contributed by atoms with Crippen molar-refractivity contribution in [1.82, 2.24) is 4.90 Å². The summed E-state index contributed by atoms with van der Waals surface area (Å²) in [6, 6.07) is -1.60. The minimum atomic E-state index is -1.77. The highest BCUT2D eigenvalue weighted by atomic mass is 19.1. The number of aliphatic hydroxyl groups excluding tert-OH is 1. The second-order valence-corrected chi connectivity index (χ2v) is 4.92. The number of carboxylic acids is 1. The zero-order valence-electron chi connectivity index (χ0n) is 9.88. The van der Waals surface area contributed by atoms with Crippen LogP contribution >= 0.6 is 0 Å². The van der Waals surface area contributed by atoms with Crippen LogP contribution in [0, 0.1) is 0 Å². The van der Waals surface area contributed by atoms with Gasteiger partial charge in [0.15, 0.2) is 6.04 Å². The summed E-state index contributed by atoms with van der Waals surface area (Å²) in [4.78, 5) is 23.2. The van der Waals surface area contributed by atoms with Gasteiger partial charge in [-0.15, -0.1) is 0 Å². The number of hydrogen-bond acceptors (Lipinski definition) is 4. The third kappa shape index (κ3) is 3.06.